The highest BCUT2D eigenvalue weighted by molar-refractivity contribution is 6.31. The molecule has 0 fully saturated rings. The van der Waals surface area contributed by atoms with E-state index in [4.69, 9.17) is 23.2 Å². The van der Waals surface area contributed by atoms with Crippen molar-refractivity contribution in [2.45, 2.75) is 12.8 Å². The van der Waals surface area contributed by atoms with E-state index in [9.17, 15) is 9.18 Å². The van der Waals surface area contributed by atoms with Gasteiger partial charge in [0.2, 0.25) is 5.91 Å². The summed E-state index contributed by atoms with van der Waals surface area (Å²) < 4.78 is 13.0. The van der Waals surface area contributed by atoms with Gasteiger partial charge in [-0.15, -0.1) is 0 Å². The smallest absolute Gasteiger partial charge is 0.225 e. The molecule has 0 aliphatic carbocycles. The van der Waals surface area contributed by atoms with Crippen LogP contribution in [0.5, 0.6) is 0 Å². The Kier molecular flexibility index (Phi) is 6.84. The van der Waals surface area contributed by atoms with E-state index in [0.29, 0.717) is 18.7 Å². The van der Waals surface area contributed by atoms with Crippen LogP contribution in [0.3, 0.4) is 0 Å². The Hall–Kier alpha value is -1.62. The number of amides is 1. The highest BCUT2D eigenvalue weighted by atomic mass is 35.5. The van der Waals surface area contributed by atoms with Crippen molar-refractivity contribution < 1.29 is 9.18 Å². The third kappa shape index (κ3) is 6.18. The Morgan fingerprint density at radius 1 is 1.04 bits per heavy atom. The van der Waals surface area contributed by atoms with Crippen LogP contribution in [-0.2, 0) is 11.2 Å². The second-order valence-corrected chi connectivity index (χ2v) is 5.90. The molecule has 6 heteroatoms. The van der Waals surface area contributed by atoms with E-state index in [1.54, 1.807) is 0 Å². The lowest BCUT2D eigenvalue weighted by molar-refractivity contribution is -0.116. The van der Waals surface area contributed by atoms with Crippen molar-refractivity contribution in [3.63, 3.8) is 0 Å². The number of rotatable bonds is 7. The molecule has 0 spiro atoms. The third-order valence-electron chi connectivity index (χ3n) is 3.24. The van der Waals surface area contributed by atoms with Gasteiger partial charge in [-0.2, -0.15) is 0 Å². The molecule has 0 aliphatic heterocycles. The van der Waals surface area contributed by atoms with E-state index in [1.165, 1.54) is 23.8 Å². The van der Waals surface area contributed by atoms with Crippen LogP contribution in [0.1, 0.15) is 12.0 Å². The predicted molar refractivity (Wildman–Crippen MR) is 92.7 cm³/mol. The molecule has 0 atom stereocenters. The second kappa shape index (κ2) is 8.87. The number of hydrogen-bond donors (Lipinski definition) is 2. The van der Waals surface area contributed by atoms with Crippen LogP contribution < -0.4 is 10.6 Å². The average Bonchev–Trinajstić information content (AvgIpc) is 2.52. The lowest BCUT2D eigenvalue weighted by Crippen LogP contribution is -2.23. The van der Waals surface area contributed by atoms with Crippen molar-refractivity contribution in [3.05, 3.63) is 63.9 Å². The van der Waals surface area contributed by atoms with Crippen molar-refractivity contribution in [3.8, 4) is 0 Å². The van der Waals surface area contributed by atoms with E-state index in [2.05, 4.69) is 10.6 Å². The topological polar surface area (TPSA) is 41.1 Å². The van der Waals surface area contributed by atoms with Crippen LogP contribution in [0.4, 0.5) is 10.1 Å². The summed E-state index contributed by atoms with van der Waals surface area (Å²) in [7, 11) is 0. The number of carbonyl (C=O) groups excluding carboxylic acids is 1. The molecule has 0 saturated heterocycles. The van der Waals surface area contributed by atoms with Gasteiger partial charge < -0.3 is 10.6 Å². The number of hydrogen-bond acceptors (Lipinski definition) is 2. The van der Waals surface area contributed by atoms with Crippen LogP contribution >= 0.6 is 23.2 Å². The Bertz CT molecular complexity index is 662. The third-order valence-corrected chi connectivity index (χ3v) is 3.78. The highest BCUT2D eigenvalue weighted by Gasteiger charge is 2.05. The van der Waals surface area contributed by atoms with Crippen LogP contribution in [0, 0.1) is 5.82 Å². The molecule has 0 aromatic heterocycles. The molecule has 0 heterocycles. The lowest BCUT2D eigenvalue weighted by atomic mass is 10.1. The Morgan fingerprint density at radius 3 is 2.48 bits per heavy atom. The minimum Gasteiger partial charge on any atom is -0.326 e. The van der Waals surface area contributed by atoms with Gasteiger partial charge in [-0.3, -0.25) is 4.79 Å². The molecule has 1 amide bonds. The predicted octanol–water partition coefficient (Wildman–Crippen LogP) is 4.29. The van der Waals surface area contributed by atoms with E-state index in [1.807, 2.05) is 24.3 Å². The summed E-state index contributed by atoms with van der Waals surface area (Å²) in [6, 6.07) is 11.8. The van der Waals surface area contributed by atoms with E-state index in [-0.39, 0.29) is 10.9 Å². The van der Waals surface area contributed by atoms with Gasteiger partial charge in [0.1, 0.15) is 5.82 Å². The highest BCUT2D eigenvalue weighted by Crippen LogP contribution is 2.19. The molecule has 122 valence electrons. The van der Waals surface area contributed by atoms with Crippen LogP contribution in [0.25, 0.3) is 0 Å². The quantitative estimate of drug-likeness (QED) is 0.728. The van der Waals surface area contributed by atoms with Gasteiger partial charge in [0, 0.05) is 23.7 Å². The summed E-state index contributed by atoms with van der Waals surface area (Å²) in [6.45, 7) is 1.34. The van der Waals surface area contributed by atoms with Crippen molar-refractivity contribution >= 4 is 34.8 Å². The lowest BCUT2D eigenvalue weighted by Gasteiger charge is -2.07. The number of anilines is 1. The first-order chi connectivity index (χ1) is 11.0. The van der Waals surface area contributed by atoms with Crippen molar-refractivity contribution in [1.82, 2.24) is 5.32 Å². The Labute approximate surface area is 144 Å². The normalized spacial score (nSPS) is 10.6. The summed E-state index contributed by atoms with van der Waals surface area (Å²) in [4.78, 5) is 11.8. The Morgan fingerprint density at radius 2 is 1.78 bits per heavy atom. The van der Waals surface area contributed by atoms with Crippen LogP contribution in [-0.4, -0.2) is 19.0 Å². The zero-order chi connectivity index (χ0) is 16.7. The zero-order valence-corrected chi connectivity index (χ0v) is 13.9. The summed E-state index contributed by atoms with van der Waals surface area (Å²) in [5, 5.41) is 6.60. The molecule has 0 saturated carbocycles. The fourth-order valence-electron chi connectivity index (χ4n) is 2.01. The standard InChI is InChI=1S/C17H17Cl2FN2O/c18-13-3-1-12(2-4-13)7-9-21-10-8-17(23)22-14-5-6-16(20)15(19)11-14/h1-6,11,21H,7-10H2,(H,22,23). The fraction of sp³-hybridized carbons (Fsp3) is 0.235. The minimum absolute atomic E-state index is 0.0103. The molecule has 0 aliphatic rings. The van der Waals surface area contributed by atoms with Gasteiger partial charge in [-0.1, -0.05) is 35.3 Å². The molecule has 2 N–H and O–H groups in total. The number of halogens is 3. The maximum atomic E-state index is 13.0. The summed E-state index contributed by atoms with van der Waals surface area (Å²) in [5.41, 5.74) is 1.68. The van der Waals surface area contributed by atoms with E-state index < -0.39 is 5.82 Å². The largest absolute Gasteiger partial charge is 0.326 e. The molecule has 0 radical (unpaired) electrons. The molecule has 2 rings (SSSR count). The van der Waals surface area contributed by atoms with Crippen LogP contribution in [0.15, 0.2) is 42.5 Å². The molecular formula is C17H17Cl2FN2O. The summed E-state index contributed by atoms with van der Waals surface area (Å²) in [6.07, 6.45) is 1.20. The van der Waals surface area contributed by atoms with Crippen molar-refractivity contribution in [1.29, 1.82) is 0 Å². The monoisotopic (exact) mass is 354 g/mol. The minimum atomic E-state index is -0.506. The molecular weight excluding hydrogens is 338 g/mol. The van der Waals surface area contributed by atoms with Crippen molar-refractivity contribution in [2.75, 3.05) is 18.4 Å². The van der Waals surface area contributed by atoms with Gasteiger partial charge in [0.25, 0.3) is 0 Å². The summed E-state index contributed by atoms with van der Waals surface area (Å²) >= 11 is 11.5. The summed E-state index contributed by atoms with van der Waals surface area (Å²) in [5.74, 6) is -0.653. The molecule has 2 aromatic carbocycles. The van der Waals surface area contributed by atoms with Crippen molar-refractivity contribution in [2.24, 2.45) is 0 Å². The molecule has 3 nitrogen and oxygen atoms in total. The average molecular weight is 355 g/mol. The van der Waals surface area contributed by atoms with Gasteiger partial charge in [0.05, 0.1) is 5.02 Å². The Balaban J connectivity index is 1.64. The first-order valence-electron chi connectivity index (χ1n) is 7.24. The van der Waals surface area contributed by atoms with Gasteiger partial charge in [0.15, 0.2) is 0 Å². The number of carbonyl (C=O) groups is 1. The number of benzene rings is 2. The molecule has 0 bridgehead atoms. The van der Waals surface area contributed by atoms with Gasteiger partial charge in [-0.25, -0.2) is 4.39 Å². The van der Waals surface area contributed by atoms with Gasteiger partial charge in [-0.05, 0) is 48.9 Å². The maximum absolute atomic E-state index is 13.0. The van der Waals surface area contributed by atoms with E-state index >= 15 is 0 Å². The first-order valence-corrected chi connectivity index (χ1v) is 8.00. The van der Waals surface area contributed by atoms with E-state index in [0.717, 1.165) is 18.0 Å². The fourth-order valence-corrected chi connectivity index (χ4v) is 2.31. The second-order valence-electron chi connectivity index (χ2n) is 5.05. The van der Waals surface area contributed by atoms with Crippen LogP contribution in [0.2, 0.25) is 10.0 Å². The SMILES string of the molecule is O=C(CCNCCc1ccc(Cl)cc1)Nc1ccc(F)c(Cl)c1. The molecule has 0 unspecified atom stereocenters. The molecule has 23 heavy (non-hydrogen) atoms. The number of nitrogens with one attached hydrogen (secondary N) is 2. The molecule has 2 aromatic rings. The van der Waals surface area contributed by atoms with Gasteiger partial charge >= 0.3 is 0 Å². The zero-order valence-electron chi connectivity index (χ0n) is 12.4. The maximum Gasteiger partial charge on any atom is 0.225 e. The first kappa shape index (κ1) is 17.7.